The van der Waals surface area contributed by atoms with Crippen LogP contribution in [0.25, 0.3) is 21.6 Å². The molecular weight excluding hydrogens is 703 g/mol. The van der Waals surface area contributed by atoms with E-state index in [1.807, 2.05) is 42.7 Å². The van der Waals surface area contributed by atoms with Crippen LogP contribution in [0.2, 0.25) is 0 Å². The molecule has 4 atom stereocenters. The number of rotatable bonds is 8. The summed E-state index contributed by atoms with van der Waals surface area (Å²) in [6, 6.07) is 4.57. The topological polar surface area (TPSA) is 157 Å². The van der Waals surface area contributed by atoms with E-state index in [2.05, 4.69) is 23.9 Å². The number of ether oxygens (including phenoxy) is 2. The summed E-state index contributed by atoms with van der Waals surface area (Å²) in [6.45, 7) is 6.68. The van der Waals surface area contributed by atoms with Crippen LogP contribution >= 0.6 is 11.3 Å². The average molecular weight is 752 g/mol. The molecule has 3 amide bonds. The highest BCUT2D eigenvalue weighted by molar-refractivity contribution is 7.90. The summed E-state index contributed by atoms with van der Waals surface area (Å²) < 4.78 is 39.9. The Morgan fingerprint density at radius 2 is 1.79 bits per heavy atom. The van der Waals surface area contributed by atoms with Crippen molar-refractivity contribution in [2.45, 2.75) is 102 Å². The summed E-state index contributed by atoms with van der Waals surface area (Å²) in [6.07, 6.45) is 8.23. The number of methoxy groups -OCH3 is 1. The van der Waals surface area contributed by atoms with Gasteiger partial charge in [-0.3, -0.25) is 19.1 Å². The van der Waals surface area contributed by atoms with Crippen molar-refractivity contribution in [3.63, 3.8) is 0 Å². The van der Waals surface area contributed by atoms with Crippen molar-refractivity contribution in [2.24, 2.45) is 11.8 Å². The van der Waals surface area contributed by atoms with E-state index in [-0.39, 0.29) is 24.7 Å². The van der Waals surface area contributed by atoms with Crippen molar-refractivity contribution in [3.8, 4) is 22.2 Å². The van der Waals surface area contributed by atoms with E-state index >= 15 is 0 Å². The highest BCUT2D eigenvalue weighted by Gasteiger charge is 2.46. The maximum atomic E-state index is 14.1. The SMILES string of the molecule is COc1ccc2c(OC3CC4C(=O)NC(C(=O)NS(=O)(=O)C5CC5)CCC=CCCCCN(C)C(=O)C4C3)cc(-c3nc(C(C)C)cs3)nc2c1C. The third-order valence-corrected chi connectivity index (χ3v) is 13.0. The molecule has 14 heteroatoms. The molecule has 2 aromatic heterocycles. The molecule has 1 aliphatic heterocycles. The second-order valence-corrected chi connectivity index (χ2v) is 17.3. The number of benzene rings is 1. The minimum Gasteiger partial charge on any atom is -0.496 e. The van der Waals surface area contributed by atoms with Crippen LogP contribution in [-0.4, -0.2) is 79.1 Å². The van der Waals surface area contributed by atoms with Gasteiger partial charge in [0.2, 0.25) is 21.8 Å². The Morgan fingerprint density at radius 1 is 1.04 bits per heavy atom. The fraction of sp³-hybridized carbons (Fsp3) is 0.553. The maximum Gasteiger partial charge on any atom is 0.256 e. The summed E-state index contributed by atoms with van der Waals surface area (Å²) in [5.74, 6) is -1.36. The quantitative estimate of drug-likeness (QED) is 0.278. The molecule has 0 saturated heterocycles. The Balaban J connectivity index is 1.31. The standard InChI is InChI=1S/C38H49N5O7S2/c1-22(2)31-21-51-37(41-31)30-20-33(26-15-16-32(49-5)23(3)34(26)39-30)50-24-18-27-28(19-24)38(46)43(4)17-11-9-7-6-8-10-12-29(40-35(27)44)36(45)42-52(47,48)25-13-14-25/h6,8,15-16,20-22,24-25,27-29H,7,9-14,17-19H2,1-5H3,(H,40,44)(H,42,45). The number of hydrogen-bond donors (Lipinski definition) is 2. The highest BCUT2D eigenvalue weighted by atomic mass is 32.2. The fourth-order valence-electron chi connectivity index (χ4n) is 7.03. The molecule has 52 heavy (non-hydrogen) atoms. The number of nitrogens with zero attached hydrogens (tertiary/aromatic N) is 3. The molecular formula is C38H49N5O7S2. The summed E-state index contributed by atoms with van der Waals surface area (Å²) in [7, 11) is -0.437. The van der Waals surface area contributed by atoms with Gasteiger partial charge in [0, 0.05) is 36.0 Å². The van der Waals surface area contributed by atoms with E-state index in [1.54, 1.807) is 19.1 Å². The van der Waals surface area contributed by atoms with Gasteiger partial charge in [-0.1, -0.05) is 26.0 Å². The van der Waals surface area contributed by atoms with Gasteiger partial charge in [0.1, 0.15) is 34.3 Å². The fourth-order valence-corrected chi connectivity index (χ4v) is 9.32. The maximum absolute atomic E-state index is 14.1. The molecule has 2 fully saturated rings. The van der Waals surface area contributed by atoms with Gasteiger partial charge in [0.25, 0.3) is 5.91 Å². The van der Waals surface area contributed by atoms with Gasteiger partial charge in [-0.25, -0.2) is 18.4 Å². The van der Waals surface area contributed by atoms with Crippen molar-refractivity contribution >= 4 is 50.0 Å². The lowest BCUT2D eigenvalue weighted by atomic mass is 9.93. The van der Waals surface area contributed by atoms with E-state index in [0.717, 1.165) is 40.9 Å². The summed E-state index contributed by atoms with van der Waals surface area (Å²) in [5, 5.41) is 5.82. The third kappa shape index (κ3) is 8.43. The Bertz CT molecular complexity index is 1960. The Kier molecular flexibility index (Phi) is 11.5. The molecule has 2 aliphatic carbocycles. The van der Waals surface area contributed by atoms with Crippen LogP contribution in [0, 0.1) is 18.8 Å². The molecule has 2 N–H and O–H groups in total. The van der Waals surface area contributed by atoms with Crippen LogP contribution in [0.5, 0.6) is 11.5 Å². The van der Waals surface area contributed by atoms with Crippen LogP contribution < -0.4 is 19.5 Å². The van der Waals surface area contributed by atoms with E-state index in [1.165, 1.54) is 11.3 Å². The molecule has 280 valence electrons. The van der Waals surface area contributed by atoms with Gasteiger partial charge in [0.15, 0.2) is 0 Å². The van der Waals surface area contributed by atoms with Gasteiger partial charge in [-0.2, -0.15) is 0 Å². The number of amides is 3. The van der Waals surface area contributed by atoms with Crippen LogP contribution in [0.3, 0.4) is 0 Å². The molecule has 12 nitrogen and oxygen atoms in total. The van der Waals surface area contributed by atoms with Gasteiger partial charge >= 0.3 is 0 Å². The zero-order chi connectivity index (χ0) is 37.2. The molecule has 3 heterocycles. The van der Waals surface area contributed by atoms with Gasteiger partial charge < -0.3 is 19.7 Å². The minimum absolute atomic E-state index is 0.154. The number of allylic oxidation sites excluding steroid dienone is 2. The van der Waals surface area contributed by atoms with Crippen LogP contribution in [0.4, 0.5) is 0 Å². The third-order valence-electron chi connectivity index (χ3n) is 10.3. The first-order chi connectivity index (χ1) is 24.9. The lowest BCUT2D eigenvalue weighted by Crippen LogP contribution is -2.51. The van der Waals surface area contributed by atoms with E-state index in [0.29, 0.717) is 54.9 Å². The van der Waals surface area contributed by atoms with Crippen LogP contribution in [0.1, 0.15) is 88.8 Å². The number of fused-ring (bicyclic) bond motifs is 2. The van der Waals surface area contributed by atoms with Crippen LogP contribution in [-0.2, 0) is 24.4 Å². The van der Waals surface area contributed by atoms with Gasteiger partial charge in [-0.15, -0.1) is 11.3 Å². The molecule has 2 saturated carbocycles. The Labute approximate surface area is 309 Å². The first-order valence-electron chi connectivity index (χ1n) is 18.2. The lowest BCUT2D eigenvalue weighted by Gasteiger charge is -2.26. The molecule has 3 aromatic rings. The summed E-state index contributed by atoms with van der Waals surface area (Å²) >= 11 is 1.51. The normalized spacial score (nSPS) is 23.5. The van der Waals surface area contributed by atoms with Crippen molar-refractivity contribution in [1.82, 2.24) is 24.9 Å². The molecule has 4 unspecified atom stereocenters. The number of aromatic nitrogens is 2. The summed E-state index contributed by atoms with van der Waals surface area (Å²) in [4.78, 5) is 53.0. The monoisotopic (exact) mass is 751 g/mol. The molecule has 6 rings (SSSR count). The average Bonchev–Trinajstić information content (AvgIpc) is 3.72. The van der Waals surface area contributed by atoms with Crippen LogP contribution in [0.15, 0.2) is 35.7 Å². The number of hydrogen-bond acceptors (Lipinski definition) is 10. The zero-order valence-electron chi connectivity index (χ0n) is 30.5. The van der Waals surface area contributed by atoms with Crippen molar-refractivity contribution < 1.29 is 32.3 Å². The lowest BCUT2D eigenvalue weighted by molar-refractivity contribution is -0.140. The highest BCUT2D eigenvalue weighted by Crippen LogP contribution is 2.41. The first kappa shape index (κ1) is 37.7. The largest absolute Gasteiger partial charge is 0.496 e. The number of pyridine rings is 1. The molecule has 0 bridgehead atoms. The van der Waals surface area contributed by atoms with Gasteiger partial charge in [-0.05, 0) is 82.8 Å². The molecule has 0 spiro atoms. The van der Waals surface area contributed by atoms with E-state index < -0.39 is 51.1 Å². The zero-order valence-corrected chi connectivity index (χ0v) is 32.1. The number of aryl methyl sites for hydroxylation is 1. The number of thiazole rings is 1. The molecule has 3 aliphatic rings. The predicted molar refractivity (Wildman–Crippen MR) is 201 cm³/mol. The number of nitrogens with one attached hydrogen (secondary N) is 2. The summed E-state index contributed by atoms with van der Waals surface area (Å²) in [5.41, 5.74) is 3.18. The molecule has 0 radical (unpaired) electrons. The minimum atomic E-state index is -3.81. The number of sulfonamides is 1. The van der Waals surface area contributed by atoms with Crippen molar-refractivity contribution in [1.29, 1.82) is 0 Å². The Hall–Kier alpha value is -4.04. The van der Waals surface area contributed by atoms with E-state index in [9.17, 15) is 22.8 Å². The number of carbonyl (C=O) groups is 3. The smallest absolute Gasteiger partial charge is 0.256 e. The van der Waals surface area contributed by atoms with E-state index in [4.69, 9.17) is 19.4 Å². The number of carbonyl (C=O) groups excluding carboxylic acids is 3. The molecule has 1 aromatic carbocycles. The second kappa shape index (κ2) is 15.9. The Morgan fingerprint density at radius 3 is 2.50 bits per heavy atom. The predicted octanol–water partition coefficient (Wildman–Crippen LogP) is 5.64. The first-order valence-corrected chi connectivity index (χ1v) is 20.7. The van der Waals surface area contributed by atoms with Gasteiger partial charge in [0.05, 0.1) is 35.4 Å². The van der Waals surface area contributed by atoms with Crippen molar-refractivity contribution in [2.75, 3.05) is 20.7 Å². The second-order valence-electron chi connectivity index (χ2n) is 14.5. The van der Waals surface area contributed by atoms with Crippen molar-refractivity contribution in [3.05, 3.63) is 47.0 Å².